The van der Waals surface area contributed by atoms with Crippen molar-refractivity contribution in [3.05, 3.63) is 37.8 Å². The fourth-order valence-corrected chi connectivity index (χ4v) is 2.09. The maximum Gasteiger partial charge on any atom is 0.170 e. The molecule has 0 unspecified atom stereocenters. The first-order valence-corrected chi connectivity index (χ1v) is 6.12. The lowest BCUT2D eigenvalue weighted by Crippen LogP contribution is -1.92. The van der Waals surface area contributed by atoms with Gasteiger partial charge in [-0.25, -0.2) is 0 Å². The van der Waals surface area contributed by atoms with Gasteiger partial charge in [-0.2, -0.15) is 0 Å². The summed E-state index contributed by atoms with van der Waals surface area (Å²) in [5, 5.41) is 0.985. The molecule has 0 aliphatic heterocycles. The Morgan fingerprint density at radius 1 is 1.12 bits per heavy atom. The van der Waals surface area contributed by atoms with Crippen molar-refractivity contribution in [1.29, 1.82) is 0 Å². The highest BCUT2D eigenvalue weighted by atomic mass is 35.5. The van der Waals surface area contributed by atoms with Gasteiger partial charge in [0.15, 0.2) is 5.78 Å². The zero-order chi connectivity index (χ0) is 12.3. The molecule has 0 aliphatic rings. The molecule has 0 aromatic heterocycles. The number of rotatable bonds is 3. The van der Waals surface area contributed by atoms with Crippen LogP contribution in [0.4, 0.5) is 0 Å². The van der Waals surface area contributed by atoms with Crippen molar-refractivity contribution in [1.82, 2.24) is 0 Å². The second kappa shape index (κ2) is 6.13. The van der Waals surface area contributed by atoms with Crippen LogP contribution in [0.3, 0.4) is 0 Å². The summed E-state index contributed by atoms with van der Waals surface area (Å²) >= 11 is 28.8. The van der Waals surface area contributed by atoms with Gasteiger partial charge in [-0.15, -0.1) is 11.6 Å². The quantitative estimate of drug-likeness (QED) is 0.327. The van der Waals surface area contributed by atoms with Crippen molar-refractivity contribution in [3.8, 4) is 0 Å². The Balaban J connectivity index is 3.19. The molecular weight excluding hydrogens is 313 g/mol. The molecule has 0 atom stereocenters. The number of benzene rings is 1. The molecule has 0 N–H and O–H groups in total. The summed E-state index contributed by atoms with van der Waals surface area (Å²) < 4.78 is 0. The van der Waals surface area contributed by atoms with Crippen LogP contribution in [0.15, 0.2) is 12.1 Å². The number of allylic oxidation sites excluding steroid dienone is 1. The number of alkyl halides is 1. The predicted octanol–water partition coefficient (Wildman–Crippen LogP) is 5.12. The maximum absolute atomic E-state index is 11.0. The van der Waals surface area contributed by atoms with E-state index in [1.165, 1.54) is 18.2 Å². The van der Waals surface area contributed by atoms with Gasteiger partial charge in [-0.3, -0.25) is 4.79 Å². The summed E-state index contributed by atoms with van der Waals surface area (Å²) in [6.07, 6.45) is 2.74. The van der Waals surface area contributed by atoms with E-state index < -0.39 is 0 Å². The first kappa shape index (κ1) is 14.1. The normalized spacial score (nSPS) is 11.1. The van der Waals surface area contributed by atoms with Crippen LogP contribution in [0, 0.1) is 0 Å². The van der Waals surface area contributed by atoms with Crippen LogP contribution in [0.1, 0.15) is 5.56 Å². The number of ketones is 1. The van der Waals surface area contributed by atoms with E-state index in [0.717, 1.165) is 0 Å². The third-order valence-corrected chi connectivity index (χ3v) is 3.57. The lowest BCUT2D eigenvalue weighted by atomic mass is 10.2. The van der Waals surface area contributed by atoms with Crippen molar-refractivity contribution < 1.29 is 4.79 Å². The number of hydrogen-bond acceptors (Lipinski definition) is 1. The third-order valence-electron chi connectivity index (χ3n) is 1.72. The van der Waals surface area contributed by atoms with Crippen molar-refractivity contribution in [2.24, 2.45) is 0 Å². The molecule has 0 radical (unpaired) electrons. The molecule has 0 heterocycles. The number of halogens is 5. The Kier molecular flexibility index (Phi) is 5.42. The first-order valence-electron chi connectivity index (χ1n) is 4.07. The Morgan fingerprint density at radius 3 is 2.31 bits per heavy atom. The van der Waals surface area contributed by atoms with Crippen molar-refractivity contribution in [3.63, 3.8) is 0 Å². The van der Waals surface area contributed by atoms with E-state index in [-0.39, 0.29) is 26.7 Å². The lowest BCUT2D eigenvalue weighted by Gasteiger charge is -2.05. The average molecular weight is 318 g/mol. The molecule has 1 aromatic carbocycles. The van der Waals surface area contributed by atoms with Crippen LogP contribution < -0.4 is 0 Å². The molecule has 0 bridgehead atoms. The van der Waals surface area contributed by atoms with Crippen LogP contribution in [-0.4, -0.2) is 11.7 Å². The first-order chi connectivity index (χ1) is 7.47. The van der Waals surface area contributed by atoms with Crippen LogP contribution in [0.25, 0.3) is 6.08 Å². The second-order valence-electron chi connectivity index (χ2n) is 2.82. The predicted molar refractivity (Wildman–Crippen MR) is 71.2 cm³/mol. The number of carbonyl (C=O) groups is 1. The molecule has 86 valence electrons. The average Bonchev–Trinajstić information content (AvgIpc) is 2.25. The Hall–Kier alpha value is 0.0800. The molecular formula is C10H5Cl5O. The second-order valence-corrected chi connectivity index (χ2v) is 4.65. The van der Waals surface area contributed by atoms with Gasteiger partial charge >= 0.3 is 0 Å². The standard InChI is InChI=1S/C10H5Cl5O/c11-4-5(16)1-2-6-7(12)3-8(13)10(15)9(6)14/h1-3H,4H2/b2-1+. The summed E-state index contributed by atoms with van der Waals surface area (Å²) in [6.45, 7) is 0. The van der Waals surface area contributed by atoms with Gasteiger partial charge in [0.1, 0.15) is 0 Å². The molecule has 0 fully saturated rings. The van der Waals surface area contributed by atoms with Crippen LogP contribution in [0.2, 0.25) is 20.1 Å². The number of carbonyl (C=O) groups excluding carboxylic acids is 1. The van der Waals surface area contributed by atoms with Crippen LogP contribution in [-0.2, 0) is 4.79 Å². The Bertz CT molecular complexity index is 453. The van der Waals surface area contributed by atoms with Crippen molar-refractivity contribution >= 4 is 69.9 Å². The maximum atomic E-state index is 11.0. The van der Waals surface area contributed by atoms with Crippen LogP contribution >= 0.6 is 58.0 Å². The van der Waals surface area contributed by atoms with E-state index in [0.29, 0.717) is 10.6 Å². The minimum Gasteiger partial charge on any atom is -0.294 e. The summed E-state index contributed by atoms with van der Waals surface area (Å²) in [6, 6.07) is 1.46. The Morgan fingerprint density at radius 2 is 1.75 bits per heavy atom. The molecule has 1 rings (SSSR count). The lowest BCUT2D eigenvalue weighted by molar-refractivity contribution is -0.112. The highest BCUT2D eigenvalue weighted by molar-refractivity contribution is 6.50. The molecule has 16 heavy (non-hydrogen) atoms. The van der Waals surface area contributed by atoms with Gasteiger partial charge < -0.3 is 0 Å². The van der Waals surface area contributed by atoms with E-state index in [1.807, 2.05) is 0 Å². The van der Waals surface area contributed by atoms with Gasteiger partial charge in [0.05, 0.1) is 26.0 Å². The summed E-state index contributed by atoms with van der Waals surface area (Å²) in [5.74, 6) is -0.354. The summed E-state index contributed by atoms with van der Waals surface area (Å²) in [5.41, 5.74) is 0.441. The van der Waals surface area contributed by atoms with E-state index in [9.17, 15) is 4.79 Å². The minimum absolute atomic E-state index is 0.104. The molecule has 0 saturated heterocycles. The zero-order valence-corrected chi connectivity index (χ0v) is 11.5. The van der Waals surface area contributed by atoms with E-state index in [1.54, 1.807) is 0 Å². The van der Waals surface area contributed by atoms with Gasteiger partial charge in [0.2, 0.25) is 0 Å². The zero-order valence-electron chi connectivity index (χ0n) is 7.74. The third kappa shape index (κ3) is 3.28. The smallest absolute Gasteiger partial charge is 0.170 e. The fourth-order valence-electron chi connectivity index (χ4n) is 0.954. The SMILES string of the molecule is O=C(/C=C/c1c(Cl)cc(Cl)c(Cl)c1Cl)CCl. The molecule has 0 spiro atoms. The van der Waals surface area contributed by atoms with E-state index >= 15 is 0 Å². The van der Waals surface area contributed by atoms with Crippen molar-refractivity contribution in [2.75, 3.05) is 5.88 Å². The number of hydrogen-bond donors (Lipinski definition) is 0. The van der Waals surface area contributed by atoms with Gasteiger partial charge in [-0.05, 0) is 18.2 Å². The van der Waals surface area contributed by atoms with E-state index in [4.69, 9.17) is 58.0 Å². The van der Waals surface area contributed by atoms with Crippen molar-refractivity contribution in [2.45, 2.75) is 0 Å². The topological polar surface area (TPSA) is 17.1 Å². The molecule has 0 amide bonds. The Labute approximate surface area is 118 Å². The summed E-state index contributed by atoms with van der Waals surface area (Å²) in [7, 11) is 0. The fraction of sp³-hybridized carbons (Fsp3) is 0.100. The monoisotopic (exact) mass is 316 g/mol. The highest BCUT2D eigenvalue weighted by Crippen LogP contribution is 2.37. The molecule has 0 aliphatic carbocycles. The van der Waals surface area contributed by atoms with Gasteiger partial charge in [0, 0.05) is 5.56 Å². The minimum atomic E-state index is -0.250. The largest absolute Gasteiger partial charge is 0.294 e. The van der Waals surface area contributed by atoms with E-state index in [2.05, 4.69) is 0 Å². The molecule has 6 heteroatoms. The summed E-state index contributed by atoms with van der Waals surface area (Å²) in [4.78, 5) is 11.0. The van der Waals surface area contributed by atoms with Crippen LogP contribution in [0.5, 0.6) is 0 Å². The molecule has 1 nitrogen and oxygen atoms in total. The highest BCUT2D eigenvalue weighted by Gasteiger charge is 2.11. The molecule has 1 aromatic rings. The molecule has 0 saturated carbocycles. The van der Waals surface area contributed by atoms with Gasteiger partial charge in [0.25, 0.3) is 0 Å². The van der Waals surface area contributed by atoms with Gasteiger partial charge in [-0.1, -0.05) is 46.4 Å².